The van der Waals surface area contributed by atoms with Gasteiger partial charge < -0.3 is 0 Å². The average molecular weight is 265 g/mol. The molecule has 0 radical (unpaired) electrons. The Hall–Kier alpha value is -0.860. The lowest BCUT2D eigenvalue weighted by molar-refractivity contribution is 0.370. The second kappa shape index (κ2) is 7.06. The van der Waals surface area contributed by atoms with E-state index >= 15 is 0 Å². The molecule has 0 aliphatic heterocycles. The van der Waals surface area contributed by atoms with E-state index in [0.29, 0.717) is 0 Å². The van der Waals surface area contributed by atoms with Gasteiger partial charge in [0, 0.05) is 12.7 Å². The summed E-state index contributed by atoms with van der Waals surface area (Å²) in [6.45, 7) is 14.7. The van der Waals surface area contributed by atoms with Gasteiger partial charge in [0.2, 0.25) is 0 Å². The maximum absolute atomic E-state index is 4.26. The van der Waals surface area contributed by atoms with E-state index in [1.165, 1.54) is 19.3 Å². The molecule has 0 aromatic carbocycles. The van der Waals surface area contributed by atoms with E-state index in [9.17, 15) is 0 Å². The van der Waals surface area contributed by atoms with Crippen molar-refractivity contribution in [1.82, 2.24) is 15.0 Å². The Morgan fingerprint density at radius 1 is 1.16 bits per heavy atom. The molecule has 0 saturated heterocycles. The molecule has 1 atom stereocenters. The number of hydrogen-bond donors (Lipinski definition) is 0. The third-order valence-electron chi connectivity index (χ3n) is 3.73. The standard InChI is InChI=1S/C16H31N3/c1-13(2)14(3)9-7-8-10-19-12-15(17-18-19)11-16(4,5)6/h12-14H,7-11H2,1-6H3/t14-/m1/s1. The predicted octanol–water partition coefficient (Wildman–Crippen LogP) is 4.33. The minimum absolute atomic E-state index is 0.285. The first-order chi connectivity index (χ1) is 8.78. The molecule has 0 spiro atoms. The Morgan fingerprint density at radius 3 is 2.42 bits per heavy atom. The van der Waals surface area contributed by atoms with Crippen LogP contribution in [0.15, 0.2) is 6.20 Å². The van der Waals surface area contributed by atoms with Crippen molar-refractivity contribution in [1.29, 1.82) is 0 Å². The second-order valence-electron chi connectivity index (χ2n) is 7.43. The van der Waals surface area contributed by atoms with Crippen molar-refractivity contribution >= 4 is 0 Å². The second-order valence-corrected chi connectivity index (χ2v) is 7.43. The molecule has 1 heterocycles. The van der Waals surface area contributed by atoms with E-state index in [1.54, 1.807) is 0 Å². The molecular weight excluding hydrogens is 234 g/mol. The molecule has 0 amide bonds. The fraction of sp³-hybridized carbons (Fsp3) is 0.875. The highest BCUT2D eigenvalue weighted by atomic mass is 15.4. The molecule has 0 aliphatic rings. The lowest BCUT2D eigenvalue weighted by Gasteiger charge is -2.15. The highest BCUT2D eigenvalue weighted by Gasteiger charge is 2.13. The fourth-order valence-electron chi connectivity index (χ4n) is 2.15. The molecule has 0 bridgehead atoms. The van der Waals surface area contributed by atoms with Crippen LogP contribution in [0.4, 0.5) is 0 Å². The first kappa shape index (κ1) is 16.2. The Kier molecular flexibility index (Phi) is 6.02. The summed E-state index contributed by atoms with van der Waals surface area (Å²) in [4.78, 5) is 0. The van der Waals surface area contributed by atoms with Crippen molar-refractivity contribution in [3.05, 3.63) is 11.9 Å². The number of aromatic nitrogens is 3. The van der Waals surface area contributed by atoms with E-state index in [1.807, 2.05) is 4.68 Å². The summed E-state index contributed by atoms with van der Waals surface area (Å²) < 4.78 is 2.00. The molecule has 0 saturated carbocycles. The van der Waals surface area contributed by atoms with Crippen LogP contribution in [-0.2, 0) is 13.0 Å². The number of aryl methyl sites for hydroxylation is 1. The van der Waals surface area contributed by atoms with Gasteiger partial charge in [0.1, 0.15) is 0 Å². The molecule has 19 heavy (non-hydrogen) atoms. The number of hydrogen-bond acceptors (Lipinski definition) is 2. The zero-order chi connectivity index (χ0) is 14.5. The fourth-order valence-corrected chi connectivity index (χ4v) is 2.15. The van der Waals surface area contributed by atoms with Gasteiger partial charge in [-0.25, -0.2) is 0 Å². The van der Waals surface area contributed by atoms with Crippen molar-refractivity contribution in [3.8, 4) is 0 Å². The number of unbranched alkanes of at least 4 members (excludes halogenated alkanes) is 1. The minimum atomic E-state index is 0.285. The summed E-state index contributed by atoms with van der Waals surface area (Å²) in [7, 11) is 0. The SMILES string of the molecule is CC(C)[C@H](C)CCCCn1cc(CC(C)(C)C)nn1. The first-order valence-electron chi connectivity index (χ1n) is 7.67. The third kappa shape index (κ3) is 6.74. The molecule has 0 aliphatic carbocycles. The maximum atomic E-state index is 4.26. The van der Waals surface area contributed by atoms with Gasteiger partial charge in [-0.2, -0.15) is 0 Å². The average Bonchev–Trinajstić information content (AvgIpc) is 2.69. The molecule has 110 valence electrons. The van der Waals surface area contributed by atoms with Gasteiger partial charge >= 0.3 is 0 Å². The largest absolute Gasteiger partial charge is 0.252 e. The van der Waals surface area contributed by atoms with E-state index < -0.39 is 0 Å². The van der Waals surface area contributed by atoms with Crippen LogP contribution in [-0.4, -0.2) is 15.0 Å². The van der Waals surface area contributed by atoms with Gasteiger partial charge in [-0.1, -0.05) is 59.6 Å². The summed E-state index contributed by atoms with van der Waals surface area (Å²) in [5.41, 5.74) is 1.40. The first-order valence-corrected chi connectivity index (χ1v) is 7.67. The molecule has 3 nitrogen and oxygen atoms in total. The van der Waals surface area contributed by atoms with Gasteiger partial charge in [-0.15, -0.1) is 5.10 Å². The van der Waals surface area contributed by atoms with Crippen LogP contribution >= 0.6 is 0 Å². The van der Waals surface area contributed by atoms with Gasteiger partial charge in [0.15, 0.2) is 0 Å². The van der Waals surface area contributed by atoms with Crippen molar-refractivity contribution < 1.29 is 0 Å². The minimum Gasteiger partial charge on any atom is -0.252 e. The van der Waals surface area contributed by atoms with Crippen molar-refractivity contribution in [2.24, 2.45) is 17.3 Å². The highest BCUT2D eigenvalue weighted by Crippen LogP contribution is 2.19. The van der Waals surface area contributed by atoms with Gasteiger partial charge in [0.05, 0.1) is 5.69 Å². The van der Waals surface area contributed by atoms with Gasteiger partial charge in [-0.05, 0) is 30.1 Å². The van der Waals surface area contributed by atoms with E-state index in [2.05, 4.69) is 58.1 Å². The Bertz CT molecular complexity index is 360. The van der Waals surface area contributed by atoms with Crippen LogP contribution in [0.25, 0.3) is 0 Å². The Morgan fingerprint density at radius 2 is 1.84 bits per heavy atom. The van der Waals surface area contributed by atoms with Crippen LogP contribution in [0.3, 0.4) is 0 Å². The summed E-state index contributed by atoms with van der Waals surface area (Å²) in [5, 5.41) is 8.48. The quantitative estimate of drug-likeness (QED) is 0.687. The molecule has 0 unspecified atom stereocenters. The zero-order valence-electron chi connectivity index (χ0n) is 13.6. The van der Waals surface area contributed by atoms with Gasteiger partial charge in [0.25, 0.3) is 0 Å². The van der Waals surface area contributed by atoms with Crippen LogP contribution in [0, 0.1) is 17.3 Å². The normalized spacial score (nSPS) is 14.1. The lowest BCUT2D eigenvalue weighted by Crippen LogP contribution is -2.09. The van der Waals surface area contributed by atoms with Crippen molar-refractivity contribution in [2.45, 2.75) is 73.8 Å². The van der Waals surface area contributed by atoms with E-state index in [0.717, 1.165) is 30.5 Å². The Balaban J connectivity index is 2.27. The summed E-state index contributed by atoms with van der Waals surface area (Å²) in [6.07, 6.45) is 6.92. The molecule has 1 aromatic rings. The topological polar surface area (TPSA) is 30.7 Å². The summed E-state index contributed by atoms with van der Waals surface area (Å²) in [6, 6.07) is 0. The summed E-state index contributed by atoms with van der Waals surface area (Å²) in [5.74, 6) is 1.62. The summed E-state index contributed by atoms with van der Waals surface area (Å²) >= 11 is 0. The van der Waals surface area contributed by atoms with Gasteiger partial charge in [-0.3, -0.25) is 4.68 Å². The number of nitrogens with zero attached hydrogens (tertiary/aromatic N) is 3. The van der Waals surface area contributed by atoms with Crippen molar-refractivity contribution in [3.63, 3.8) is 0 Å². The maximum Gasteiger partial charge on any atom is 0.0832 e. The lowest BCUT2D eigenvalue weighted by atomic mass is 9.91. The molecule has 1 aromatic heterocycles. The predicted molar refractivity (Wildman–Crippen MR) is 81.0 cm³/mol. The molecule has 0 N–H and O–H groups in total. The van der Waals surface area contributed by atoms with Crippen LogP contribution in [0.2, 0.25) is 0 Å². The smallest absolute Gasteiger partial charge is 0.0832 e. The van der Waals surface area contributed by atoms with E-state index in [4.69, 9.17) is 0 Å². The monoisotopic (exact) mass is 265 g/mol. The Labute approximate surface area is 118 Å². The molecule has 0 fully saturated rings. The highest BCUT2D eigenvalue weighted by molar-refractivity contribution is 4.95. The third-order valence-corrected chi connectivity index (χ3v) is 3.73. The van der Waals surface area contributed by atoms with Crippen LogP contribution in [0.1, 0.15) is 66.5 Å². The van der Waals surface area contributed by atoms with Crippen LogP contribution in [0.5, 0.6) is 0 Å². The molecule has 3 heteroatoms. The zero-order valence-corrected chi connectivity index (χ0v) is 13.6. The molecule has 1 rings (SSSR count). The van der Waals surface area contributed by atoms with Crippen LogP contribution < -0.4 is 0 Å². The molecular formula is C16H31N3. The number of rotatable bonds is 7. The van der Waals surface area contributed by atoms with Crippen molar-refractivity contribution in [2.75, 3.05) is 0 Å². The van der Waals surface area contributed by atoms with E-state index in [-0.39, 0.29) is 5.41 Å².